The summed E-state index contributed by atoms with van der Waals surface area (Å²) in [5.74, 6) is -4.46. The maximum atomic E-state index is 14.9. The first-order chi connectivity index (χ1) is 16.8. The molecule has 2 aliphatic rings. The number of carbonyl (C=O) groups excluding carboxylic acids is 1. The fourth-order valence-electron chi connectivity index (χ4n) is 3.91. The number of rotatable bonds is 8. The summed E-state index contributed by atoms with van der Waals surface area (Å²) >= 11 is 0. The van der Waals surface area contributed by atoms with Crippen molar-refractivity contribution in [2.45, 2.75) is 63.2 Å². The van der Waals surface area contributed by atoms with Gasteiger partial charge in [0, 0.05) is 18.3 Å². The van der Waals surface area contributed by atoms with Gasteiger partial charge in [0.1, 0.15) is 23.5 Å². The van der Waals surface area contributed by atoms with E-state index in [4.69, 9.17) is 18.5 Å². The Balaban J connectivity index is 1.54. The number of nitrogens with one attached hydrogen (secondary N) is 1. The number of carbonyl (C=O) groups is 1. The topological polar surface area (TPSA) is 138 Å². The van der Waals surface area contributed by atoms with Crippen molar-refractivity contribution >= 4 is 13.7 Å². The number of halogens is 2. The van der Waals surface area contributed by atoms with Crippen LogP contribution in [0.4, 0.5) is 8.78 Å². The lowest BCUT2D eigenvalue weighted by Crippen LogP contribution is -2.42. The van der Waals surface area contributed by atoms with Gasteiger partial charge in [-0.3, -0.25) is 13.9 Å². The van der Waals surface area contributed by atoms with Crippen molar-refractivity contribution in [1.82, 2.24) is 14.6 Å². The quantitative estimate of drug-likeness (QED) is 0.387. The maximum absolute atomic E-state index is 14.9. The number of benzene rings is 1. The minimum atomic E-state index is -4.38. The van der Waals surface area contributed by atoms with Gasteiger partial charge < -0.3 is 19.1 Å². The second-order valence-corrected chi connectivity index (χ2v) is 10.9. The number of cyclic esters (lactones) is 1. The van der Waals surface area contributed by atoms with Gasteiger partial charge in [-0.1, -0.05) is 18.2 Å². The molecule has 1 aromatic carbocycles. The highest BCUT2D eigenvalue weighted by molar-refractivity contribution is 7.52. The van der Waals surface area contributed by atoms with Crippen molar-refractivity contribution in [1.29, 1.82) is 0 Å². The van der Waals surface area contributed by atoms with Crippen LogP contribution in [0.15, 0.2) is 47.4 Å². The predicted molar refractivity (Wildman–Crippen MR) is 120 cm³/mol. The van der Waals surface area contributed by atoms with E-state index in [9.17, 15) is 28.0 Å². The second-order valence-electron chi connectivity index (χ2n) is 9.17. The van der Waals surface area contributed by atoms with Crippen LogP contribution in [0, 0.1) is 6.92 Å². The van der Waals surface area contributed by atoms with E-state index in [-0.39, 0.29) is 12.2 Å². The van der Waals surface area contributed by atoms with Crippen molar-refractivity contribution < 1.29 is 41.8 Å². The van der Waals surface area contributed by atoms with Gasteiger partial charge in [0.2, 0.25) is 6.23 Å². The zero-order valence-electron chi connectivity index (χ0n) is 19.7. The lowest BCUT2D eigenvalue weighted by Gasteiger charge is -2.24. The Morgan fingerprint density at radius 3 is 2.56 bits per heavy atom. The standard InChI is InChI=1S/C22H26F2N3O8P/c1-13-9-10-27(20(30)25-13)19-22(23,24)17(28)16(33-19)12-32-36(31,35-14-7-5-4-6-8-14)26-15-11-21(2,3)34-18(15)29/h4-10,15-17,19,28H,11-12H2,1-3H3,(H,26,31). The molecule has 0 spiro atoms. The maximum Gasteiger partial charge on any atom is 0.459 e. The van der Waals surface area contributed by atoms with Gasteiger partial charge in [0.25, 0.3) is 0 Å². The molecule has 196 valence electrons. The highest BCUT2D eigenvalue weighted by Gasteiger charge is 2.60. The van der Waals surface area contributed by atoms with E-state index in [1.54, 1.807) is 32.0 Å². The number of hydrogen-bond acceptors (Lipinski definition) is 9. The lowest BCUT2D eigenvalue weighted by atomic mass is 10.0. The number of aromatic nitrogens is 2. The van der Waals surface area contributed by atoms with E-state index in [1.807, 2.05) is 0 Å². The Morgan fingerprint density at radius 2 is 1.94 bits per heavy atom. The second kappa shape index (κ2) is 9.64. The van der Waals surface area contributed by atoms with E-state index in [2.05, 4.69) is 10.1 Å². The summed E-state index contributed by atoms with van der Waals surface area (Å²) in [5.41, 5.74) is -1.51. The fraction of sp³-hybridized carbons (Fsp3) is 0.500. The van der Waals surface area contributed by atoms with Crippen LogP contribution in [0.1, 0.15) is 32.2 Å². The molecule has 14 heteroatoms. The summed E-state index contributed by atoms with van der Waals surface area (Å²) in [6.07, 6.45) is -5.05. The average Bonchev–Trinajstić information content (AvgIpc) is 3.17. The minimum absolute atomic E-state index is 0.118. The summed E-state index contributed by atoms with van der Waals surface area (Å²) in [7, 11) is -4.38. The molecule has 0 amide bonds. The van der Waals surface area contributed by atoms with Crippen LogP contribution >= 0.6 is 7.75 Å². The van der Waals surface area contributed by atoms with Crippen LogP contribution in [0.2, 0.25) is 0 Å². The summed E-state index contributed by atoms with van der Waals surface area (Å²) in [5, 5.41) is 12.8. The van der Waals surface area contributed by atoms with Crippen molar-refractivity contribution in [2.75, 3.05) is 6.61 Å². The molecule has 36 heavy (non-hydrogen) atoms. The van der Waals surface area contributed by atoms with Gasteiger partial charge in [0.15, 0.2) is 6.10 Å². The van der Waals surface area contributed by atoms with Gasteiger partial charge in [-0.2, -0.15) is 18.9 Å². The molecule has 1 aromatic heterocycles. The van der Waals surface area contributed by atoms with E-state index < -0.39 is 62.0 Å². The summed E-state index contributed by atoms with van der Waals surface area (Å²) in [6.45, 7) is 4.04. The Morgan fingerprint density at radius 1 is 1.25 bits per heavy atom. The van der Waals surface area contributed by atoms with Crippen LogP contribution in [0.3, 0.4) is 0 Å². The molecule has 0 bridgehead atoms. The minimum Gasteiger partial charge on any atom is -0.458 e. The normalized spacial score (nSPS) is 28.4. The number of para-hydroxylation sites is 1. The number of aryl methyl sites for hydroxylation is 1. The molecule has 4 rings (SSSR count). The van der Waals surface area contributed by atoms with Crippen molar-refractivity contribution in [3.8, 4) is 5.75 Å². The highest BCUT2D eigenvalue weighted by atomic mass is 31.2. The molecule has 0 saturated carbocycles. The number of alkyl halides is 2. The number of nitrogens with zero attached hydrogens (tertiary/aromatic N) is 2. The zero-order valence-corrected chi connectivity index (χ0v) is 20.6. The summed E-state index contributed by atoms with van der Waals surface area (Å²) in [4.78, 5) is 28.0. The molecule has 2 N–H and O–H groups in total. The smallest absolute Gasteiger partial charge is 0.458 e. The summed E-state index contributed by atoms with van der Waals surface area (Å²) in [6, 6.07) is 8.15. The highest BCUT2D eigenvalue weighted by Crippen LogP contribution is 2.49. The zero-order chi connectivity index (χ0) is 26.3. The van der Waals surface area contributed by atoms with Crippen LogP contribution in [-0.4, -0.2) is 57.0 Å². The monoisotopic (exact) mass is 529 g/mol. The fourth-order valence-corrected chi connectivity index (χ4v) is 5.41. The van der Waals surface area contributed by atoms with Crippen LogP contribution in [0.25, 0.3) is 0 Å². The first-order valence-electron chi connectivity index (χ1n) is 11.1. The van der Waals surface area contributed by atoms with Gasteiger partial charge in [-0.05, 0) is 39.0 Å². The number of aliphatic hydroxyl groups excluding tert-OH is 1. The third kappa shape index (κ3) is 5.50. The van der Waals surface area contributed by atoms with Crippen molar-refractivity contribution in [3.63, 3.8) is 0 Å². The first-order valence-corrected chi connectivity index (χ1v) is 12.6. The van der Waals surface area contributed by atoms with Gasteiger partial charge >= 0.3 is 25.3 Å². The molecule has 3 heterocycles. The molecule has 2 aromatic rings. The van der Waals surface area contributed by atoms with E-state index in [1.165, 1.54) is 25.1 Å². The average molecular weight is 529 g/mol. The Kier molecular flexibility index (Phi) is 7.06. The van der Waals surface area contributed by atoms with Crippen molar-refractivity contribution in [3.05, 3.63) is 58.8 Å². The SMILES string of the molecule is Cc1ccn(C2OC(COP(=O)(NC3CC(C)(C)OC3=O)Oc3ccccc3)C(O)C2(F)F)c(=O)n1. The number of ether oxygens (including phenoxy) is 2. The largest absolute Gasteiger partial charge is 0.459 e. The predicted octanol–water partition coefficient (Wildman–Crippen LogP) is 2.33. The number of hydrogen-bond donors (Lipinski definition) is 2. The molecule has 2 saturated heterocycles. The first kappa shape index (κ1) is 26.4. The van der Waals surface area contributed by atoms with Gasteiger partial charge in [-0.15, -0.1) is 0 Å². The van der Waals surface area contributed by atoms with Crippen LogP contribution < -0.4 is 15.3 Å². The Hall–Kier alpha value is -2.70. The lowest BCUT2D eigenvalue weighted by molar-refractivity contribution is -0.147. The van der Waals surface area contributed by atoms with Gasteiger partial charge in [-0.25, -0.2) is 9.36 Å². The van der Waals surface area contributed by atoms with Crippen LogP contribution in [0.5, 0.6) is 5.75 Å². The molecule has 2 fully saturated rings. The molecular formula is C22H26F2N3O8P. The molecule has 0 radical (unpaired) electrons. The van der Waals surface area contributed by atoms with E-state index in [0.717, 1.165) is 6.20 Å². The molecule has 0 aliphatic carbocycles. The number of aliphatic hydroxyl groups is 1. The molecule has 5 atom stereocenters. The molecule has 2 aliphatic heterocycles. The number of esters is 1. The Labute approximate surface area is 204 Å². The van der Waals surface area contributed by atoms with Crippen molar-refractivity contribution in [2.24, 2.45) is 0 Å². The van der Waals surface area contributed by atoms with E-state index >= 15 is 0 Å². The third-order valence-corrected chi connectivity index (χ3v) is 7.22. The van der Waals surface area contributed by atoms with E-state index in [0.29, 0.717) is 10.3 Å². The molecule has 11 nitrogen and oxygen atoms in total. The summed E-state index contributed by atoms with van der Waals surface area (Å²) < 4.78 is 65.3. The Bertz CT molecular complexity index is 1230. The molecule has 5 unspecified atom stereocenters. The van der Waals surface area contributed by atoms with Gasteiger partial charge in [0.05, 0.1) is 6.61 Å². The third-order valence-electron chi connectivity index (χ3n) is 5.65. The molecular weight excluding hydrogens is 503 g/mol. The van der Waals surface area contributed by atoms with Crippen LogP contribution in [-0.2, 0) is 23.4 Å².